The van der Waals surface area contributed by atoms with Crippen molar-refractivity contribution in [2.75, 3.05) is 44.2 Å². The second-order valence-corrected chi connectivity index (χ2v) is 10.2. The number of carbonyl (C=O) groups is 1. The highest BCUT2D eigenvalue weighted by atomic mass is 35.5. The number of nitrogens with zero attached hydrogens (tertiary/aromatic N) is 2. The van der Waals surface area contributed by atoms with Gasteiger partial charge in [0, 0.05) is 49.5 Å². The van der Waals surface area contributed by atoms with Gasteiger partial charge >= 0.3 is 0 Å². The highest BCUT2D eigenvalue weighted by Crippen LogP contribution is 2.33. The second-order valence-electron chi connectivity index (χ2n) is 8.95. The number of halogens is 3. The van der Waals surface area contributed by atoms with Gasteiger partial charge in [-0.1, -0.05) is 53.0 Å². The Hall–Kier alpha value is -1.92. The van der Waals surface area contributed by atoms with Crippen LogP contribution in [0.2, 0.25) is 15.1 Å². The van der Waals surface area contributed by atoms with E-state index in [-0.39, 0.29) is 17.9 Å². The Bertz CT molecular complexity index is 1020. The Morgan fingerprint density at radius 1 is 1.03 bits per heavy atom. The van der Waals surface area contributed by atoms with Crippen LogP contribution in [-0.2, 0) is 4.79 Å². The maximum absolute atomic E-state index is 12.7. The van der Waals surface area contributed by atoms with Gasteiger partial charge in [0.05, 0.1) is 21.7 Å². The van der Waals surface area contributed by atoms with Crippen molar-refractivity contribution >= 4 is 52.1 Å². The fraction of sp³-hybridized carbons (Fsp3) is 0.423. The van der Waals surface area contributed by atoms with Crippen LogP contribution in [0.25, 0.3) is 5.70 Å². The molecule has 0 radical (unpaired) electrons. The van der Waals surface area contributed by atoms with E-state index in [9.17, 15) is 4.79 Å². The Labute approximate surface area is 217 Å². The number of carbonyl (C=O) groups excluding carboxylic acids is 1. The molecule has 2 aromatic rings. The lowest BCUT2D eigenvalue weighted by atomic mass is 10.0. The van der Waals surface area contributed by atoms with Crippen LogP contribution < -0.4 is 15.5 Å². The van der Waals surface area contributed by atoms with Crippen LogP contribution in [0.1, 0.15) is 25.3 Å². The van der Waals surface area contributed by atoms with Crippen molar-refractivity contribution in [3.05, 3.63) is 69.2 Å². The number of rotatable bonds is 8. The predicted octanol–water partition coefficient (Wildman–Crippen LogP) is 5.31. The van der Waals surface area contributed by atoms with Gasteiger partial charge < -0.3 is 15.5 Å². The lowest BCUT2D eigenvalue weighted by Gasteiger charge is -2.36. The lowest BCUT2D eigenvalue weighted by Crippen LogP contribution is -2.46. The van der Waals surface area contributed by atoms with Crippen LogP contribution in [0.15, 0.2) is 48.5 Å². The van der Waals surface area contributed by atoms with Crippen LogP contribution in [0.3, 0.4) is 0 Å². The van der Waals surface area contributed by atoms with Crippen molar-refractivity contribution in [1.29, 1.82) is 0 Å². The summed E-state index contributed by atoms with van der Waals surface area (Å²) >= 11 is 18.5. The van der Waals surface area contributed by atoms with Gasteiger partial charge in [-0.2, -0.15) is 0 Å². The minimum atomic E-state index is -0.169. The van der Waals surface area contributed by atoms with Gasteiger partial charge in [0.2, 0.25) is 5.91 Å². The Morgan fingerprint density at radius 2 is 1.76 bits per heavy atom. The van der Waals surface area contributed by atoms with Crippen LogP contribution in [-0.4, -0.2) is 56.1 Å². The average Bonchev–Trinajstić information content (AvgIpc) is 3.23. The van der Waals surface area contributed by atoms with E-state index in [2.05, 4.69) is 20.4 Å². The summed E-state index contributed by atoms with van der Waals surface area (Å²) in [5.74, 6) is -0.0898. The molecule has 2 atom stereocenters. The zero-order chi connectivity index (χ0) is 24.1. The van der Waals surface area contributed by atoms with Gasteiger partial charge in [-0.05, 0) is 62.2 Å². The highest BCUT2D eigenvalue weighted by Gasteiger charge is 2.29. The molecule has 182 valence electrons. The van der Waals surface area contributed by atoms with E-state index in [1.165, 1.54) is 0 Å². The first kappa shape index (κ1) is 25.2. The Kier molecular flexibility index (Phi) is 8.65. The van der Waals surface area contributed by atoms with Gasteiger partial charge in [0.25, 0.3) is 0 Å². The number of amides is 1. The molecule has 0 saturated carbocycles. The summed E-state index contributed by atoms with van der Waals surface area (Å²) in [6.07, 6.45) is 4.05. The van der Waals surface area contributed by atoms with Crippen molar-refractivity contribution in [3.8, 4) is 0 Å². The second kappa shape index (κ2) is 11.7. The molecule has 0 aromatic heterocycles. The zero-order valence-corrected chi connectivity index (χ0v) is 21.6. The van der Waals surface area contributed by atoms with E-state index in [0.717, 1.165) is 62.5 Å². The van der Waals surface area contributed by atoms with Gasteiger partial charge in [0.15, 0.2) is 0 Å². The molecule has 5 nitrogen and oxygen atoms in total. The van der Waals surface area contributed by atoms with Crippen molar-refractivity contribution in [2.45, 2.75) is 25.8 Å². The van der Waals surface area contributed by atoms with E-state index in [1.807, 2.05) is 55.5 Å². The largest absolute Gasteiger partial charge is 0.381 e. The molecule has 8 heteroatoms. The normalized spacial score (nSPS) is 20.7. The molecule has 4 rings (SSSR count). The third kappa shape index (κ3) is 6.19. The standard InChI is InChI=1S/C26H31Cl3N4O/c1-18-21(17-23(31-18)19-7-9-20(27)10-8-19)26(34)30-11-2-3-12-32-13-15-33(16-14-32)24-6-4-5-22(28)25(24)29/h4-10,17-18,21,31H,2-3,11-16H2,1H3,(H,30,34). The fourth-order valence-electron chi connectivity index (χ4n) is 4.56. The summed E-state index contributed by atoms with van der Waals surface area (Å²) in [5, 5.41) is 8.47. The van der Waals surface area contributed by atoms with E-state index >= 15 is 0 Å². The van der Waals surface area contributed by atoms with Crippen molar-refractivity contribution < 1.29 is 4.79 Å². The third-order valence-electron chi connectivity index (χ3n) is 6.57. The molecule has 0 aliphatic carbocycles. The SMILES string of the molecule is CC1NC(c2ccc(Cl)cc2)=CC1C(=O)NCCCCN1CCN(c2cccc(Cl)c2Cl)CC1. The number of nitrogens with one attached hydrogen (secondary N) is 2. The number of piperazine rings is 1. The van der Waals surface area contributed by atoms with Crippen LogP contribution in [0, 0.1) is 5.92 Å². The number of hydrogen-bond donors (Lipinski definition) is 2. The number of anilines is 1. The quantitative estimate of drug-likeness (QED) is 0.462. The van der Waals surface area contributed by atoms with Crippen LogP contribution >= 0.6 is 34.8 Å². The zero-order valence-electron chi connectivity index (χ0n) is 19.4. The summed E-state index contributed by atoms with van der Waals surface area (Å²) in [7, 11) is 0. The molecule has 2 aromatic carbocycles. The van der Waals surface area contributed by atoms with E-state index < -0.39 is 0 Å². The van der Waals surface area contributed by atoms with Crippen molar-refractivity contribution in [1.82, 2.24) is 15.5 Å². The van der Waals surface area contributed by atoms with Crippen LogP contribution in [0.4, 0.5) is 5.69 Å². The lowest BCUT2D eigenvalue weighted by molar-refractivity contribution is -0.123. The minimum absolute atomic E-state index is 0.0648. The van der Waals surface area contributed by atoms with Crippen molar-refractivity contribution in [2.24, 2.45) is 5.92 Å². The third-order valence-corrected chi connectivity index (χ3v) is 7.63. The molecule has 2 heterocycles. The summed E-state index contributed by atoms with van der Waals surface area (Å²) < 4.78 is 0. The van der Waals surface area contributed by atoms with Crippen molar-refractivity contribution in [3.63, 3.8) is 0 Å². The first-order valence-electron chi connectivity index (χ1n) is 11.9. The Morgan fingerprint density at radius 3 is 2.50 bits per heavy atom. The summed E-state index contributed by atoms with van der Waals surface area (Å²) in [5.41, 5.74) is 3.05. The molecule has 34 heavy (non-hydrogen) atoms. The number of unbranched alkanes of at least 4 members (excludes halogenated alkanes) is 1. The molecule has 1 amide bonds. The molecule has 0 bridgehead atoms. The summed E-state index contributed by atoms with van der Waals surface area (Å²) in [6.45, 7) is 7.65. The number of benzene rings is 2. The average molecular weight is 522 g/mol. The molecule has 1 fully saturated rings. The fourth-order valence-corrected chi connectivity index (χ4v) is 5.10. The van der Waals surface area contributed by atoms with Gasteiger partial charge in [0.1, 0.15) is 0 Å². The van der Waals surface area contributed by atoms with Gasteiger partial charge in [-0.25, -0.2) is 0 Å². The van der Waals surface area contributed by atoms with E-state index in [4.69, 9.17) is 34.8 Å². The summed E-state index contributed by atoms with van der Waals surface area (Å²) in [6, 6.07) is 13.5. The monoisotopic (exact) mass is 520 g/mol. The molecule has 2 aliphatic heterocycles. The van der Waals surface area contributed by atoms with E-state index in [1.54, 1.807) is 0 Å². The first-order valence-corrected chi connectivity index (χ1v) is 13.0. The molecule has 2 N–H and O–H groups in total. The smallest absolute Gasteiger partial charge is 0.229 e. The molecule has 2 aliphatic rings. The van der Waals surface area contributed by atoms with E-state index in [0.29, 0.717) is 21.6 Å². The van der Waals surface area contributed by atoms with Gasteiger partial charge in [-0.15, -0.1) is 0 Å². The van der Waals surface area contributed by atoms with Crippen LogP contribution in [0.5, 0.6) is 0 Å². The molecule has 2 unspecified atom stereocenters. The minimum Gasteiger partial charge on any atom is -0.381 e. The predicted molar refractivity (Wildman–Crippen MR) is 143 cm³/mol. The number of hydrogen-bond acceptors (Lipinski definition) is 4. The Balaban J connectivity index is 1.15. The van der Waals surface area contributed by atoms with Gasteiger partial charge in [-0.3, -0.25) is 9.69 Å². The summed E-state index contributed by atoms with van der Waals surface area (Å²) in [4.78, 5) is 17.5. The molecular formula is C26H31Cl3N4O. The maximum atomic E-state index is 12.7. The highest BCUT2D eigenvalue weighted by molar-refractivity contribution is 6.43. The molecule has 0 spiro atoms. The molecular weight excluding hydrogens is 491 g/mol. The first-order chi connectivity index (χ1) is 16.4. The topological polar surface area (TPSA) is 47.6 Å². The molecule has 1 saturated heterocycles. The maximum Gasteiger partial charge on any atom is 0.229 e.